The van der Waals surface area contributed by atoms with Crippen LogP contribution in [-0.2, 0) is 9.59 Å². The zero-order valence-corrected chi connectivity index (χ0v) is 16.6. The quantitative estimate of drug-likeness (QED) is 0.702. The van der Waals surface area contributed by atoms with E-state index in [2.05, 4.69) is 12.2 Å². The maximum absolute atomic E-state index is 12.2. The third-order valence-corrected chi connectivity index (χ3v) is 5.70. The van der Waals surface area contributed by atoms with Crippen LogP contribution >= 0.6 is 0 Å². The zero-order valence-electron chi connectivity index (χ0n) is 16.6. The predicted molar refractivity (Wildman–Crippen MR) is 105 cm³/mol. The Balaban J connectivity index is 1.41. The van der Waals surface area contributed by atoms with Gasteiger partial charge in [0.2, 0.25) is 5.91 Å². The van der Waals surface area contributed by atoms with Gasteiger partial charge in [0.15, 0.2) is 6.61 Å². The summed E-state index contributed by atoms with van der Waals surface area (Å²) in [4.78, 5) is 27.7. The van der Waals surface area contributed by atoms with E-state index in [1.54, 1.807) is 9.80 Å². The molecule has 2 amide bonds. The van der Waals surface area contributed by atoms with E-state index >= 15 is 0 Å². The molecule has 1 fully saturated rings. The van der Waals surface area contributed by atoms with Gasteiger partial charge in [-0.15, -0.1) is 0 Å². The molecule has 0 aliphatic carbocycles. The highest BCUT2D eigenvalue weighted by Crippen LogP contribution is 2.32. The van der Waals surface area contributed by atoms with Crippen LogP contribution in [0.4, 0.5) is 5.69 Å². The van der Waals surface area contributed by atoms with Crippen molar-refractivity contribution in [1.82, 2.24) is 5.32 Å². The Kier molecular flexibility index (Phi) is 6.72. The van der Waals surface area contributed by atoms with E-state index in [0.29, 0.717) is 25.3 Å². The van der Waals surface area contributed by atoms with Gasteiger partial charge >= 0.3 is 0 Å². The first kappa shape index (κ1) is 19.7. The van der Waals surface area contributed by atoms with E-state index in [1.807, 2.05) is 25.1 Å². The smallest absolute Gasteiger partial charge is 0.265 e. The Morgan fingerprint density at radius 1 is 1.37 bits per heavy atom. The molecule has 2 N–H and O–H groups in total. The van der Waals surface area contributed by atoms with Crippen LogP contribution in [0, 0.1) is 6.92 Å². The maximum atomic E-state index is 12.2. The number of amides is 2. The summed E-state index contributed by atoms with van der Waals surface area (Å²) < 4.78 is 5.51. The molecule has 0 bridgehead atoms. The second-order valence-corrected chi connectivity index (χ2v) is 7.81. The number of piperidine rings is 1. The molecule has 2 heterocycles. The zero-order chi connectivity index (χ0) is 19.2. The monoisotopic (exact) mass is 374 g/mol. The molecule has 0 radical (unpaired) electrons. The molecular weight excluding hydrogens is 342 g/mol. The first-order valence-corrected chi connectivity index (χ1v) is 10.2. The number of hydrogen-bond donors (Lipinski definition) is 2. The van der Waals surface area contributed by atoms with Gasteiger partial charge in [-0.25, -0.2) is 0 Å². The number of nitrogens with zero attached hydrogens (tertiary/aromatic N) is 1. The predicted octanol–water partition coefficient (Wildman–Crippen LogP) is 1.07. The average Bonchev–Trinajstić information content (AvgIpc) is 2.66. The lowest BCUT2D eigenvalue weighted by atomic mass is 10.0. The minimum atomic E-state index is -0.0955. The summed E-state index contributed by atoms with van der Waals surface area (Å²) >= 11 is 0. The first-order chi connectivity index (χ1) is 13.0. The fourth-order valence-corrected chi connectivity index (χ4v) is 4.03. The number of rotatable bonds is 7. The van der Waals surface area contributed by atoms with Crippen LogP contribution in [0.1, 0.15) is 44.6 Å². The summed E-state index contributed by atoms with van der Waals surface area (Å²) in [5.74, 6) is 0.625. The number of carbonyl (C=O) groups excluding carboxylic acids is 2. The standard InChI is InChI=1S/C21H31N3O3/c1-16-7-8-18-19(14-16)27-15-21(26)24(18)13-9-20(25)22-10-5-12-23-11-4-3-6-17(23)2/h7-8,14,17H,3-6,9-13,15H2,1-2H3,(H,22,25)/p+1/t17-/m1/s1. The molecule has 1 saturated heterocycles. The van der Waals surface area contributed by atoms with E-state index in [4.69, 9.17) is 4.74 Å². The largest absolute Gasteiger partial charge is 0.482 e. The molecule has 2 aliphatic rings. The van der Waals surface area contributed by atoms with Crippen molar-refractivity contribution in [1.29, 1.82) is 0 Å². The van der Waals surface area contributed by atoms with Crippen molar-refractivity contribution in [2.45, 2.75) is 52.0 Å². The van der Waals surface area contributed by atoms with Crippen molar-refractivity contribution in [3.8, 4) is 5.75 Å². The number of fused-ring (bicyclic) bond motifs is 1. The van der Waals surface area contributed by atoms with E-state index in [-0.39, 0.29) is 18.4 Å². The van der Waals surface area contributed by atoms with E-state index in [0.717, 1.165) is 30.3 Å². The highest BCUT2D eigenvalue weighted by Gasteiger charge is 2.26. The Morgan fingerprint density at radius 2 is 2.22 bits per heavy atom. The number of anilines is 1. The number of aryl methyl sites for hydroxylation is 1. The number of nitrogens with one attached hydrogen (secondary N) is 2. The average molecular weight is 375 g/mol. The third-order valence-electron chi connectivity index (χ3n) is 5.70. The van der Waals surface area contributed by atoms with Crippen LogP contribution in [0.2, 0.25) is 0 Å². The fourth-order valence-electron chi connectivity index (χ4n) is 4.03. The van der Waals surface area contributed by atoms with E-state index < -0.39 is 0 Å². The van der Waals surface area contributed by atoms with Gasteiger partial charge in [-0.05, 0) is 50.8 Å². The van der Waals surface area contributed by atoms with Crippen molar-refractivity contribution in [2.24, 2.45) is 0 Å². The van der Waals surface area contributed by atoms with Gasteiger partial charge in [-0.2, -0.15) is 0 Å². The number of benzene rings is 1. The number of carbonyl (C=O) groups is 2. The third kappa shape index (κ3) is 5.22. The molecular formula is C21H32N3O3+. The Bertz CT molecular complexity index is 677. The minimum Gasteiger partial charge on any atom is -0.482 e. The summed E-state index contributed by atoms with van der Waals surface area (Å²) in [6, 6.07) is 6.52. The van der Waals surface area contributed by atoms with Gasteiger partial charge in [0.05, 0.1) is 24.8 Å². The molecule has 27 heavy (non-hydrogen) atoms. The molecule has 0 spiro atoms. The molecule has 2 aliphatic heterocycles. The van der Waals surface area contributed by atoms with E-state index in [9.17, 15) is 9.59 Å². The molecule has 148 valence electrons. The summed E-state index contributed by atoms with van der Waals surface area (Å²) in [7, 11) is 0. The van der Waals surface area contributed by atoms with Crippen molar-refractivity contribution in [3.63, 3.8) is 0 Å². The second-order valence-electron chi connectivity index (χ2n) is 7.81. The fraction of sp³-hybridized carbons (Fsp3) is 0.619. The van der Waals surface area contributed by atoms with Gasteiger partial charge in [-0.3, -0.25) is 9.59 Å². The van der Waals surface area contributed by atoms with Crippen molar-refractivity contribution in [2.75, 3.05) is 37.7 Å². The van der Waals surface area contributed by atoms with Crippen LogP contribution < -0.4 is 19.9 Å². The molecule has 3 rings (SSSR count). The topological polar surface area (TPSA) is 63.1 Å². The Hall–Kier alpha value is -2.08. The summed E-state index contributed by atoms with van der Waals surface area (Å²) in [6.45, 7) is 7.83. The van der Waals surface area contributed by atoms with Crippen molar-refractivity contribution >= 4 is 17.5 Å². The molecule has 2 atom stereocenters. The second kappa shape index (κ2) is 9.22. The lowest BCUT2D eigenvalue weighted by molar-refractivity contribution is -0.928. The van der Waals surface area contributed by atoms with Crippen LogP contribution in [0.25, 0.3) is 0 Å². The summed E-state index contributed by atoms with van der Waals surface area (Å²) in [5.41, 5.74) is 1.85. The minimum absolute atomic E-state index is 0.00430. The van der Waals surface area contributed by atoms with Crippen LogP contribution in [0.5, 0.6) is 5.75 Å². The van der Waals surface area contributed by atoms with Gasteiger partial charge in [0.25, 0.3) is 5.91 Å². The Labute approximate surface area is 161 Å². The lowest BCUT2D eigenvalue weighted by Crippen LogP contribution is -3.16. The molecule has 6 nitrogen and oxygen atoms in total. The van der Waals surface area contributed by atoms with Crippen LogP contribution in [0.3, 0.4) is 0 Å². The first-order valence-electron chi connectivity index (χ1n) is 10.2. The van der Waals surface area contributed by atoms with Crippen LogP contribution in [0.15, 0.2) is 18.2 Å². The molecule has 0 aromatic heterocycles. The lowest BCUT2D eigenvalue weighted by Gasteiger charge is -2.30. The normalized spacial score (nSPS) is 22.1. The van der Waals surface area contributed by atoms with Crippen molar-refractivity contribution in [3.05, 3.63) is 23.8 Å². The highest BCUT2D eigenvalue weighted by molar-refractivity contribution is 5.98. The highest BCUT2D eigenvalue weighted by atomic mass is 16.5. The van der Waals surface area contributed by atoms with Gasteiger partial charge < -0.3 is 19.9 Å². The number of likely N-dealkylation sites (tertiary alicyclic amines) is 1. The number of hydrogen-bond acceptors (Lipinski definition) is 3. The molecule has 1 aromatic carbocycles. The SMILES string of the molecule is Cc1ccc2c(c1)OCC(=O)N2CCC(=O)NCCC[NH+]1CCCC[C@H]1C. The number of quaternary nitrogens is 1. The molecule has 0 saturated carbocycles. The molecule has 1 unspecified atom stereocenters. The molecule has 6 heteroatoms. The summed E-state index contributed by atoms with van der Waals surface area (Å²) in [6.07, 6.45) is 5.30. The van der Waals surface area contributed by atoms with E-state index in [1.165, 1.54) is 25.8 Å². The van der Waals surface area contributed by atoms with Gasteiger partial charge in [-0.1, -0.05) is 6.07 Å². The Morgan fingerprint density at radius 3 is 3.04 bits per heavy atom. The van der Waals surface area contributed by atoms with Crippen LogP contribution in [-0.4, -0.2) is 50.6 Å². The maximum Gasteiger partial charge on any atom is 0.265 e. The summed E-state index contributed by atoms with van der Waals surface area (Å²) in [5, 5.41) is 3.00. The number of ether oxygens (including phenoxy) is 1. The van der Waals surface area contributed by atoms with Gasteiger partial charge in [0.1, 0.15) is 5.75 Å². The van der Waals surface area contributed by atoms with Gasteiger partial charge in [0, 0.05) is 25.9 Å². The van der Waals surface area contributed by atoms with Crippen molar-refractivity contribution < 1.29 is 19.2 Å². The molecule has 1 aromatic rings.